The van der Waals surface area contributed by atoms with E-state index >= 15 is 0 Å². The molecule has 2 N–H and O–H groups in total. The van der Waals surface area contributed by atoms with Gasteiger partial charge in [0.1, 0.15) is 34.5 Å². The first kappa shape index (κ1) is 30.8. The Morgan fingerprint density at radius 1 is 0.426 bits per heavy atom. The highest BCUT2D eigenvalue weighted by atomic mass is 32.2. The maximum absolute atomic E-state index is 13.3. The van der Waals surface area contributed by atoms with Crippen LogP contribution in [0.5, 0.6) is 34.5 Å². The number of carbonyl (C=O) groups is 2. The minimum absolute atomic E-state index is 0.0758. The number of ketones is 2. The van der Waals surface area contributed by atoms with Gasteiger partial charge in [-0.25, -0.2) is 8.42 Å². The van der Waals surface area contributed by atoms with Gasteiger partial charge in [0.15, 0.2) is 11.6 Å². The summed E-state index contributed by atoms with van der Waals surface area (Å²) >= 11 is 0. The highest BCUT2D eigenvalue weighted by Gasteiger charge is 2.19. The Bertz CT molecular complexity index is 2020. The second-order valence-corrected chi connectivity index (χ2v) is 12.3. The third-order valence-electron chi connectivity index (χ3n) is 7.27. The van der Waals surface area contributed by atoms with E-state index in [1.807, 2.05) is 0 Å². The van der Waals surface area contributed by atoms with Gasteiger partial charge in [0, 0.05) is 11.1 Å². The van der Waals surface area contributed by atoms with E-state index in [4.69, 9.17) is 9.47 Å². The number of phenolic OH excluding ortho intramolecular Hbond substituents is 2. The van der Waals surface area contributed by atoms with Crippen LogP contribution in [-0.4, -0.2) is 30.2 Å². The van der Waals surface area contributed by atoms with Crippen molar-refractivity contribution in [2.45, 2.75) is 9.79 Å². The van der Waals surface area contributed by atoms with Crippen LogP contribution in [0.4, 0.5) is 0 Å². The van der Waals surface area contributed by atoms with Crippen molar-refractivity contribution < 1.29 is 37.7 Å². The van der Waals surface area contributed by atoms with Gasteiger partial charge in [-0.15, -0.1) is 0 Å². The summed E-state index contributed by atoms with van der Waals surface area (Å²) in [5, 5.41) is 19.9. The smallest absolute Gasteiger partial charge is 0.206 e. The standard InChI is InChI=1S/C38H26O8S/c39-35-7-3-1-5-33(35)37(41)25-9-13-27(14-10-25)45-29-17-21-31(22-18-29)47(43,44)32-23-19-30(20-24-32)46-28-15-11-26(12-16-28)38(42)34-6-2-4-8-36(34)40/h1-24,39-40H. The molecule has 6 rings (SSSR count). The van der Waals surface area contributed by atoms with Gasteiger partial charge < -0.3 is 19.7 Å². The van der Waals surface area contributed by atoms with Gasteiger partial charge in [0.2, 0.25) is 9.84 Å². The highest BCUT2D eigenvalue weighted by molar-refractivity contribution is 7.91. The van der Waals surface area contributed by atoms with Gasteiger partial charge in [-0.3, -0.25) is 9.59 Å². The number of hydrogen-bond acceptors (Lipinski definition) is 8. The number of ether oxygens (including phenoxy) is 2. The van der Waals surface area contributed by atoms with Crippen LogP contribution in [0.2, 0.25) is 0 Å². The van der Waals surface area contributed by atoms with Crippen LogP contribution >= 0.6 is 0 Å². The Morgan fingerprint density at radius 3 is 1.04 bits per heavy atom. The van der Waals surface area contributed by atoms with E-state index in [9.17, 15) is 28.2 Å². The van der Waals surface area contributed by atoms with Gasteiger partial charge in [-0.05, 0) is 121 Å². The first-order valence-corrected chi connectivity index (χ1v) is 15.8. The molecule has 0 aliphatic carbocycles. The van der Waals surface area contributed by atoms with Gasteiger partial charge in [0.05, 0.1) is 20.9 Å². The van der Waals surface area contributed by atoms with E-state index in [-0.39, 0.29) is 44.0 Å². The highest BCUT2D eigenvalue weighted by Crippen LogP contribution is 2.30. The molecule has 0 amide bonds. The van der Waals surface area contributed by atoms with Crippen LogP contribution in [0.3, 0.4) is 0 Å². The second kappa shape index (κ2) is 13.0. The summed E-state index contributed by atoms with van der Waals surface area (Å²) in [5.74, 6) is 0.863. The fraction of sp³-hybridized carbons (Fsp3) is 0. The maximum Gasteiger partial charge on any atom is 0.206 e. The van der Waals surface area contributed by atoms with E-state index in [2.05, 4.69) is 0 Å². The number of sulfone groups is 1. The Hall–Kier alpha value is -6.19. The number of aromatic hydroxyl groups is 2. The Labute approximate surface area is 270 Å². The fourth-order valence-corrected chi connectivity index (χ4v) is 6.03. The fourth-order valence-electron chi connectivity index (χ4n) is 4.77. The molecule has 9 heteroatoms. The van der Waals surface area contributed by atoms with Crippen molar-refractivity contribution in [3.63, 3.8) is 0 Å². The number of phenols is 2. The first-order valence-electron chi connectivity index (χ1n) is 14.4. The summed E-state index contributed by atoms with van der Waals surface area (Å²) in [4.78, 5) is 25.5. The molecule has 0 fully saturated rings. The minimum atomic E-state index is -3.84. The normalized spacial score (nSPS) is 11.1. The number of hydrogen-bond donors (Lipinski definition) is 2. The number of carbonyl (C=O) groups excluding carboxylic acids is 2. The molecule has 0 spiro atoms. The third-order valence-corrected chi connectivity index (χ3v) is 9.06. The second-order valence-electron chi connectivity index (χ2n) is 10.4. The Balaban J connectivity index is 1.08. The summed E-state index contributed by atoms with van der Waals surface area (Å²) in [6.07, 6.45) is 0. The van der Waals surface area contributed by atoms with E-state index < -0.39 is 9.84 Å². The molecule has 0 radical (unpaired) electrons. The predicted molar refractivity (Wildman–Crippen MR) is 174 cm³/mol. The van der Waals surface area contributed by atoms with Gasteiger partial charge in [-0.1, -0.05) is 24.3 Å². The van der Waals surface area contributed by atoms with Crippen molar-refractivity contribution in [2.24, 2.45) is 0 Å². The van der Waals surface area contributed by atoms with E-state index in [0.29, 0.717) is 34.1 Å². The molecule has 0 unspecified atom stereocenters. The number of rotatable bonds is 10. The average Bonchev–Trinajstić information content (AvgIpc) is 3.09. The van der Waals surface area contributed by atoms with Crippen LogP contribution in [0.15, 0.2) is 155 Å². The number of para-hydroxylation sites is 2. The van der Waals surface area contributed by atoms with Crippen molar-refractivity contribution >= 4 is 21.4 Å². The summed E-state index contributed by atoms with van der Waals surface area (Å²) in [7, 11) is -3.84. The molecule has 0 aliphatic rings. The molecule has 0 aliphatic heterocycles. The lowest BCUT2D eigenvalue weighted by Gasteiger charge is -2.10. The zero-order valence-corrected chi connectivity index (χ0v) is 25.4. The predicted octanol–water partition coefficient (Wildman–Crippen LogP) is 7.98. The lowest BCUT2D eigenvalue weighted by molar-refractivity contribution is 0.102. The Morgan fingerprint density at radius 2 is 0.723 bits per heavy atom. The van der Waals surface area contributed by atoms with Gasteiger partial charge >= 0.3 is 0 Å². The largest absolute Gasteiger partial charge is 0.507 e. The van der Waals surface area contributed by atoms with E-state index in [0.717, 1.165) is 0 Å². The van der Waals surface area contributed by atoms with E-state index in [1.165, 1.54) is 36.4 Å². The zero-order valence-electron chi connectivity index (χ0n) is 24.6. The van der Waals surface area contributed by atoms with Gasteiger partial charge in [0.25, 0.3) is 0 Å². The molecule has 0 saturated heterocycles. The average molecular weight is 643 g/mol. The SMILES string of the molecule is O=C(c1ccc(Oc2ccc(S(=O)(=O)c3ccc(Oc4ccc(C(=O)c5ccccc5O)cc4)cc3)cc2)cc1)c1ccccc1O. The quantitative estimate of drug-likeness (QED) is 0.144. The molecular weight excluding hydrogens is 616 g/mol. The van der Waals surface area contributed by atoms with Crippen molar-refractivity contribution in [1.82, 2.24) is 0 Å². The summed E-state index contributed by atoms with van der Waals surface area (Å²) in [6.45, 7) is 0. The molecule has 6 aromatic carbocycles. The number of benzene rings is 6. The monoisotopic (exact) mass is 642 g/mol. The molecule has 0 saturated carbocycles. The molecule has 47 heavy (non-hydrogen) atoms. The van der Waals surface area contributed by atoms with Crippen LogP contribution in [0.1, 0.15) is 31.8 Å². The zero-order chi connectivity index (χ0) is 33.0. The van der Waals surface area contributed by atoms with Crippen LogP contribution < -0.4 is 9.47 Å². The van der Waals surface area contributed by atoms with Crippen LogP contribution in [0.25, 0.3) is 0 Å². The molecule has 8 nitrogen and oxygen atoms in total. The molecule has 0 heterocycles. The summed E-state index contributed by atoms with van der Waals surface area (Å²) in [5.41, 5.74) is 1.16. The molecule has 6 aromatic rings. The van der Waals surface area contributed by atoms with Crippen molar-refractivity contribution in [3.05, 3.63) is 168 Å². The van der Waals surface area contributed by atoms with E-state index in [1.54, 1.807) is 109 Å². The van der Waals surface area contributed by atoms with Crippen molar-refractivity contribution in [3.8, 4) is 34.5 Å². The summed E-state index contributed by atoms with van der Waals surface area (Å²) in [6, 6.07) is 37.4. The Kier molecular flexibility index (Phi) is 8.55. The van der Waals surface area contributed by atoms with Gasteiger partial charge in [-0.2, -0.15) is 0 Å². The third kappa shape index (κ3) is 6.75. The lowest BCUT2D eigenvalue weighted by atomic mass is 10.0. The van der Waals surface area contributed by atoms with Crippen LogP contribution in [0, 0.1) is 0 Å². The molecule has 0 aromatic heterocycles. The summed E-state index contributed by atoms with van der Waals surface area (Å²) < 4.78 is 38.2. The lowest BCUT2D eigenvalue weighted by Crippen LogP contribution is -2.02. The molecular formula is C38H26O8S. The molecule has 0 bridgehead atoms. The molecule has 0 atom stereocenters. The van der Waals surface area contributed by atoms with Crippen molar-refractivity contribution in [2.75, 3.05) is 0 Å². The maximum atomic E-state index is 13.3. The first-order chi connectivity index (χ1) is 22.7. The molecule has 232 valence electrons. The van der Waals surface area contributed by atoms with Crippen molar-refractivity contribution in [1.29, 1.82) is 0 Å². The topological polar surface area (TPSA) is 127 Å². The van der Waals surface area contributed by atoms with Crippen LogP contribution in [-0.2, 0) is 9.84 Å². The minimum Gasteiger partial charge on any atom is -0.507 e.